The van der Waals surface area contributed by atoms with Gasteiger partial charge >= 0.3 is 11.9 Å². The molecule has 4 rings (SSSR count). The molecule has 2 heterocycles. The fourth-order valence-electron chi connectivity index (χ4n) is 4.68. The molecule has 0 saturated carbocycles. The molecule has 1 aliphatic rings. The lowest BCUT2D eigenvalue weighted by atomic mass is 9.72. The van der Waals surface area contributed by atoms with Crippen LogP contribution >= 0.6 is 11.3 Å². The van der Waals surface area contributed by atoms with Gasteiger partial charge in [0.1, 0.15) is 10.8 Å². The van der Waals surface area contributed by atoms with Crippen molar-refractivity contribution < 1.29 is 23.9 Å². The van der Waals surface area contributed by atoms with Gasteiger partial charge in [0, 0.05) is 16.1 Å². The number of carbonyl (C=O) groups is 3. The van der Waals surface area contributed by atoms with Crippen LogP contribution in [0.3, 0.4) is 0 Å². The van der Waals surface area contributed by atoms with Gasteiger partial charge in [-0.05, 0) is 69.1 Å². The number of nitrogens with one attached hydrogen (secondary N) is 2. The average Bonchev–Trinajstić information content (AvgIpc) is 3.41. The average molecular weight is 538 g/mol. The molecule has 2 unspecified atom stereocenters. The molecule has 8 nitrogen and oxygen atoms in total. The molecule has 1 aliphatic carbocycles. The highest BCUT2D eigenvalue weighted by atomic mass is 32.1. The van der Waals surface area contributed by atoms with E-state index < -0.39 is 23.9 Å². The molecule has 0 fully saturated rings. The van der Waals surface area contributed by atoms with E-state index in [-0.39, 0.29) is 5.41 Å². The summed E-state index contributed by atoms with van der Waals surface area (Å²) in [4.78, 5) is 47.2. The Morgan fingerprint density at radius 2 is 1.82 bits per heavy atom. The topological polar surface area (TPSA) is 110 Å². The van der Waals surface area contributed by atoms with Gasteiger partial charge in [0.05, 0.1) is 23.9 Å². The van der Waals surface area contributed by atoms with Gasteiger partial charge in [0.2, 0.25) is 0 Å². The predicted octanol–water partition coefficient (Wildman–Crippen LogP) is 5.88. The Morgan fingerprint density at radius 1 is 1.13 bits per heavy atom. The molecule has 2 N–H and O–H groups in total. The molecule has 1 amide bonds. The van der Waals surface area contributed by atoms with Gasteiger partial charge in [0.25, 0.3) is 5.91 Å². The minimum atomic E-state index is -1.07. The highest BCUT2D eigenvalue weighted by Gasteiger charge is 2.35. The Labute approximate surface area is 227 Å². The number of aryl methyl sites for hydroxylation is 2. The first-order valence-corrected chi connectivity index (χ1v) is 13.6. The number of H-pyrrole nitrogens is 1. The van der Waals surface area contributed by atoms with Gasteiger partial charge in [0.15, 0.2) is 6.10 Å². The number of methoxy groups -OCH3 is 1. The number of ether oxygens (including phenoxy) is 2. The first kappa shape index (κ1) is 27.6. The number of nitrogens with zero attached hydrogens (tertiary/aromatic N) is 1. The third-order valence-electron chi connectivity index (χ3n) is 7.29. The van der Waals surface area contributed by atoms with Crippen LogP contribution in [-0.4, -0.2) is 41.0 Å². The van der Waals surface area contributed by atoms with E-state index in [1.165, 1.54) is 25.4 Å². The van der Waals surface area contributed by atoms with Crippen LogP contribution in [0, 0.1) is 25.2 Å². The van der Waals surface area contributed by atoms with Crippen molar-refractivity contribution in [2.75, 3.05) is 12.4 Å². The van der Waals surface area contributed by atoms with Gasteiger partial charge in [-0.1, -0.05) is 32.9 Å². The lowest BCUT2D eigenvalue weighted by Crippen LogP contribution is -2.30. The molecule has 1 aromatic carbocycles. The van der Waals surface area contributed by atoms with E-state index in [9.17, 15) is 14.4 Å². The summed E-state index contributed by atoms with van der Waals surface area (Å²) in [6.45, 7) is 12.1. The zero-order valence-electron chi connectivity index (χ0n) is 23.0. The Balaban J connectivity index is 1.45. The number of aromatic amines is 1. The van der Waals surface area contributed by atoms with Crippen LogP contribution in [-0.2, 0) is 27.1 Å². The summed E-state index contributed by atoms with van der Waals surface area (Å²) in [5.74, 6) is -0.389. The highest BCUT2D eigenvalue weighted by molar-refractivity contribution is 7.17. The smallest absolute Gasteiger partial charge is 0.341 e. The second-order valence-corrected chi connectivity index (χ2v) is 12.0. The quantitative estimate of drug-likeness (QED) is 0.380. The van der Waals surface area contributed by atoms with E-state index in [1.54, 1.807) is 24.3 Å². The van der Waals surface area contributed by atoms with Gasteiger partial charge in [-0.3, -0.25) is 4.79 Å². The normalized spacial score (nSPS) is 15.9. The molecule has 3 aromatic rings. The van der Waals surface area contributed by atoms with Crippen molar-refractivity contribution in [1.29, 1.82) is 0 Å². The molecule has 0 saturated heterocycles. The number of imidazole rings is 1. The number of hydrogen-bond acceptors (Lipinski definition) is 7. The molecular weight excluding hydrogens is 502 g/mol. The molecular formula is C29H35N3O5S. The van der Waals surface area contributed by atoms with E-state index in [0.717, 1.165) is 52.5 Å². The first-order chi connectivity index (χ1) is 17.9. The third-order valence-corrected chi connectivity index (χ3v) is 8.46. The summed E-state index contributed by atoms with van der Waals surface area (Å²) in [5, 5.41) is 3.26. The van der Waals surface area contributed by atoms with Gasteiger partial charge in [-0.25, -0.2) is 14.6 Å². The second-order valence-electron chi connectivity index (χ2n) is 10.9. The summed E-state index contributed by atoms with van der Waals surface area (Å²) in [6.07, 6.45) is 1.51. The van der Waals surface area contributed by atoms with Crippen molar-refractivity contribution in [3.8, 4) is 11.4 Å². The van der Waals surface area contributed by atoms with E-state index in [0.29, 0.717) is 22.0 Å². The number of benzene rings is 1. The molecule has 0 bridgehead atoms. The summed E-state index contributed by atoms with van der Waals surface area (Å²) in [6, 6.07) is 6.85. The molecule has 0 aliphatic heterocycles. The van der Waals surface area contributed by atoms with Crippen LogP contribution in [0.15, 0.2) is 24.3 Å². The fourth-order valence-corrected chi connectivity index (χ4v) is 5.99. The van der Waals surface area contributed by atoms with Crippen molar-refractivity contribution in [3.63, 3.8) is 0 Å². The van der Waals surface area contributed by atoms with E-state index >= 15 is 0 Å². The Kier molecular flexibility index (Phi) is 7.78. The van der Waals surface area contributed by atoms with Gasteiger partial charge in [-0.2, -0.15) is 0 Å². The largest absolute Gasteiger partial charge is 0.465 e. The van der Waals surface area contributed by atoms with Crippen LogP contribution in [0.2, 0.25) is 0 Å². The number of fused-ring (bicyclic) bond motifs is 1. The number of amides is 1. The first-order valence-electron chi connectivity index (χ1n) is 12.8. The number of thiophene rings is 1. The summed E-state index contributed by atoms with van der Waals surface area (Å²) in [5.41, 5.74) is 4.57. The van der Waals surface area contributed by atoms with Crippen molar-refractivity contribution >= 4 is 34.2 Å². The van der Waals surface area contributed by atoms with Crippen LogP contribution in [0.4, 0.5) is 5.00 Å². The van der Waals surface area contributed by atoms with E-state index in [1.807, 2.05) is 13.8 Å². The standard InChI is InChI=1S/C29H35N3O5S/c1-15-16(2)31-24(30-15)18-8-10-19(11-9-18)27(34)37-17(3)25(33)32-26-23(28(35)36-7)21-13-12-20(29(4,5)6)14-22(21)38-26/h8-11,17,20H,12-14H2,1-7H3,(H,30,31)(H,32,33). The number of hydrogen-bond donors (Lipinski definition) is 2. The predicted molar refractivity (Wildman–Crippen MR) is 148 cm³/mol. The molecule has 2 atom stereocenters. The number of rotatable bonds is 6. The van der Waals surface area contributed by atoms with Crippen molar-refractivity contribution in [2.45, 2.75) is 66.9 Å². The second kappa shape index (κ2) is 10.7. The number of aromatic nitrogens is 2. The van der Waals surface area contributed by atoms with Crippen molar-refractivity contribution in [2.24, 2.45) is 11.3 Å². The van der Waals surface area contributed by atoms with Gasteiger partial charge < -0.3 is 19.8 Å². The Hall–Kier alpha value is -3.46. The molecule has 202 valence electrons. The lowest BCUT2D eigenvalue weighted by molar-refractivity contribution is -0.123. The summed E-state index contributed by atoms with van der Waals surface area (Å²) >= 11 is 1.41. The maximum Gasteiger partial charge on any atom is 0.341 e. The number of anilines is 1. The van der Waals surface area contributed by atoms with E-state index in [2.05, 4.69) is 36.1 Å². The van der Waals surface area contributed by atoms with Crippen LogP contribution in [0.25, 0.3) is 11.4 Å². The molecule has 9 heteroatoms. The molecule has 0 radical (unpaired) electrons. The number of carbonyl (C=O) groups excluding carboxylic acids is 3. The maximum atomic E-state index is 13.0. The monoisotopic (exact) mass is 537 g/mol. The summed E-state index contributed by atoms with van der Waals surface area (Å²) in [7, 11) is 1.34. The Bertz CT molecular complexity index is 1340. The van der Waals surface area contributed by atoms with Crippen molar-refractivity contribution in [1.82, 2.24) is 9.97 Å². The van der Waals surface area contributed by atoms with Crippen LogP contribution in [0.1, 0.15) is 76.7 Å². The SMILES string of the molecule is COC(=O)c1c(NC(=O)C(C)OC(=O)c2ccc(-c3nc(C)c(C)[nH]3)cc2)sc2c1CCC(C(C)(C)C)C2. The van der Waals surface area contributed by atoms with Crippen LogP contribution in [0.5, 0.6) is 0 Å². The molecule has 0 spiro atoms. The minimum absolute atomic E-state index is 0.146. The summed E-state index contributed by atoms with van der Waals surface area (Å²) < 4.78 is 10.5. The minimum Gasteiger partial charge on any atom is -0.465 e. The zero-order valence-corrected chi connectivity index (χ0v) is 23.8. The molecule has 38 heavy (non-hydrogen) atoms. The fraction of sp³-hybridized carbons (Fsp3) is 0.448. The van der Waals surface area contributed by atoms with Crippen molar-refractivity contribution in [3.05, 3.63) is 57.2 Å². The molecule has 2 aromatic heterocycles. The lowest BCUT2D eigenvalue weighted by Gasteiger charge is -2.33. The van der Waals surface area contributed by atoms with E-state index in [4.69, 9.17) is 9.47 Å². The number of esters is 2. The third kappa shape index (κ3) is 5.67. The highest BCUT2D eigenvalue weighted by Crippen LogP contribution is 2.44. The van der Waals surface area contributed by atoms with Gasteiger partial charge in [-0.15, -0.1) is 11.3 Å². The maximum absolute atomic E-state index is 13.0. The Morgan fingerprint density at radius 3 is 2.39 bits per heavy atom. The van der Waals surface area contributed by atoms with Crippen LogP contribution < -0.4 is 5.32 Å². The zero-order chi connectivity index (χ0) is 27.8.